The molecule has 0 aromatic carbocycles. The Morgan fingerprint density at radius 3 is 2.53 bits per heavy atom. The molecule has 2 nitrogen and oxygen atoms in total. The Hall–Kier alpha value is 0.120. The van der Waals surface area contributed by atoms with Gasteiger partial charge in [-0.25, -0.2) is 0 Å². The average Bonchev–Trinajstić information content (AvgIpc) is 2.18. The summed E-state index contributed by atoms with van der Waals surface area (Å²) in [6, 6.07) is 0. The summed E-state index contributed by atoms with van der Waals surface area (Å²) in [5.41, 5.74) is -0.517. The Morgan fingerprint density at radius 2 is 2.00 bits per heavy atom. The summed E-state index contributed by atoms with van der Waals surface area (Å²) in [6.45, 7) is 5.32. The first-order valence-electron chi connectivity index (χ1n) is 5.95. The lowest BCUT2D eigenvalue weighted by Crippen LogP contribution is -2.26. The molecule has 90 valence electrons. The van der Waals surface area contributed by atoms with Crippen LogP contribution in [0, 0.1) is 5.92 Å². The second-order valence-electron chi connectivity index (χ2n) is 4.71. The van der Waals surface area contributed by atoms with Gasteiger partial charge < -0.3 is 4.52 Å². The van der Waals surface area contributed by atoms with Crippen molar-refractivity contribution in [2.75, 3.05) is 0 Å². The lowest BCUT2D eigenvalue weighted by Gasteiger charge is -2.32. The summed E-state index contributed by atoms with van der Waals surface area (Å²) in [6.07, 6.45) is 5.07. The molecule has 1 fully saturated rings. The molecular weight excluding hydrogens is 214 g/mol. The molecule has 1 saturated carbocycles. The Labute approximate surface area is 92.2 Å². The molecule has 0 aromatic rings. The SMILES string of the molecule is CCC1CCCCC1OP(=O)(F)C(C)C. The van der Waals surface area contributed by atoms with Gasteiger partial charge in [0.15, 0.2) is 0 Å². The molecule has 4 heteroatoms. The molecule has 1 aliphatic carbocycles. The lowest BCUT2D eigenvalue weighted by molar-refractivity contribution is 0.0834. The predicted octanol–water partition coefficient (Wildman–Crippen LogP) is 4.54. The van der Waals surface area contributed by atoms with Crippen LogP contribution >= 0.6 is 7.68 Å². The lowest BCUT2D eigenvalue weighted by atomic mass is 9.85. The zero-order valence-electron chi connectivity index (χ0n) is 9.91. The highest BCUT2D eigenvalue weighted by Crippen LogP contribution is 2.56. The van der Waals surface area contributed by atoms with Crippen LogP contribution in [0.2, 0.25) is 0 Å². The van der Waals surface area contributed by atoms with Crippen LogP contribution in [0.5, 0.6) is 0 Å². The largest absolute Gasteiger partial charge is 0.370 e. The molecule has 1 rings (SSSR count). The third kappa shape index (κ3) is 3.57. The molecule has 3 atom stereocenters. The smallest absolute Gasteiger partial charge is 0.302 e. The van der Waals surface area contributed by atoms with E-state index in [1.165, 1.54) is 6.42 Å². The molecule has 0 heterocycles. The van der Waals surface area contributed by atoms with E-state index in [0.717, 1.165) is 25.7 Å². The fraction of sp³-hybridized carbons (Fsp3) is 1.00. The van der Waals surface area contributed by atoms with Gasteiger partial charge in [0.05, 0.1) is 11.8 Å². The van der Waals surface area contributed by atoms with E-state index >= 15 is 0 Å². The van der Waals surface area contributed by atoms with Crippen molar-refractivity contribution in [2.24, 2.45) is 5.92 Å². The maximum Gasteiger partial charge on any atom is 0.370 e. The van der Waals surface area contributed by atoms with Crippen LogP contribution < -0.4 is 0 Å². The minimum Gasteiger partial charge on any atom is -0.302 e. The van der Waals surface area contributed by atoms with E-state index in [2.05, 4.69) is 6.92 Å². The molecule has 15 heavy (non-hydrogen) atoms. The van der Waals surface area contributed by atoms with Gasteiger partial charge in [0.2, 0.25) is 0 Å². The van der Waals surface area contributed by atoms with Crippen LogP contribution in [-0.4, -0.2) is 11.8 Å². The van der Waals surface area contributed by atoms with Gasteiger partial charge in [0.25, 0.3) is 0 Å². The summed E-state index contributed by atoms with van der Waals surface area (Å²) < 4.78 is 30.4. The second-order valence-corrected chi connectivity index (χ2v) is 7.00. The zero-order valence-corrected chi connectivity index (χ0v) is 10.8. The van der Waals surface area contributed by atoms with E-state index in [9.17, 15) is 8.76 Å². The van der Waals surface area contributed by atoms with Crippen molar-refractivity contribution in [2.45, 2.75) is 64.6 Å². The van der Waals surface area contributed by atoms with E-state index < -0.39 is 13.3 Å². The molecule has 0 bridgehead atoms. The minimum absolute atomic E-state index is 0.123. The molecule has 0 aliphatic heterocycles. The molecule has 0 radical (unpaired) electrons. The number of rotatable bonds is 4. The van der Waals surface area contributed by atoms with E-state index in [0.29, 0.717) is 5.92 Å². The number of hydrogen-bond donors (Lipinski definition) is 0. The van der Waals surface area contributed by atoms with E-state index in [1.807, 2.05) is 0 Å². The summed E-state index contributed by atoms with van der Waals surface area (Å²) in [5, 5.41) is 0. The average molecular weight is 236 g/mol. The Balaban J connectivity index is 2.58. The zero-order chi connectivity index (χ0) is 11.5. The van der Waals surface area contributed by atoms with Gasteiger partial charge in [-0.05, 0) is 18.8 Å². The predicted molar refractivity (Wildman–Crippen MR) is 61.0 cm³/mol. The van der Waals surface area contributed by atoms with Crippen LogP contribution in [0.25, 0.3) is 0 Å². The van der Waals surface area contributed by atoms with Crippen molar-refractivity contribution in [3.8, 4) is 0 Å². The third-order valence-electron chi connectivity index (χ3n) is 3.26. The van der Waals surface area contributed by atoms with Crippen LogP contribution in [-0.2, 0) is 9.09 Å². The standard InChI is InChI=1S/C11H22FO2P/c1-4-10-7-5-6-8-11(10)14-15(12,13)9(2)3/h9-11H,4-8H2,1-3H3. The van der Waals surface area contributed by atoms with Gasteiger partial charge in [-0.15, -0.1) is 0 Å². The number of halogens is 1. The van der Waals surface area contributed by atoms with Crippen LogP contribution in [0.15, 0.2) is 0 Å². The summed E-state index contributed by atoms with van der Waals surface area (Å²) >= 11 is 0. The molecular formula is C11H22FO2P. The normalized spacial score (nSPS) is 31.5. The van der Waals surface area contributed by atoms with Gasteiger partial charge in [0, 0.05) is 0 Å². The first kappa shape index (κ1) is 13.2. The van der Waals surface area contributed by atoms with E-state index in [-0.39, 0.29) is 6.10 Å². The first-order chi connectivity index (χ1) is 6.97. The Kier molecular flexibility index (Phi) is 4.79. The highest BCUT2D eigenvalue weighted by molar-refractivity contribution is 7.54. The molecule has 0 amide bonds. The first-order valence-corrected chi connectivity index (χ1v) is 7.53. The Bertz CT molecular complexity index is 243. The van der Waals surface area contributed by atoms with Gasteiger partial charge in [-0.1, -0.05) is 40.0 Å². The van der Waals surface area contributed by atoms with Crippen molar-refractivity contribution >= 4 is 7.68 Å². The topological polar surface area (TPSA) is 26.3 Å². The van der Waals surface area contributed by atoms with Crippen LogP contribution in [0.1, 0.15) is 52.9 Å². The maximum absolute atomic E-state index is 13.6. The molecule has 1 aliphatic rings. The Morgan fingerprint density at radius 1 is 1.40 bits per heavy atom. The summed E-state index contributed by atoms with van der Waals surface area (Å²) in [5.74, 6) is 0.390. The van der Waals surface area contributed by atoms with Crippen molar-refractivity contribution in [3.05, 3.63) is 0 Å². The monoisotopic (exact) mass is 236 g/mol. The summed E-state index contributed by atoms with van der Waals surface area (Å²) in [7, 11) is -3.88. The fourth-order valence-electron chi connectivity index (χ4n) is 2.09. The van der Waals surface area contributed by atoms with Crippen molar-refractivity contribution in [3.63, 3.8) is 0 Å². The molecule has 0 spiro atoms. The van der Waals surface area contributed by atoms with Crippen molar-refractivity contribution in [1.82, 2.24) is 0 Å². The van der Waals surface area contributed by atoms with Gasteiger partial charge >= 0.3 is 7.68 Å². The third-order valence-corrected chi connectivity index (χ3v) is 5.05. The molecule has 0 N–H and O–H groups in total. The van der Waals surface area contributed by atoms with Gasteiger partial charge in [-0.3, -0.25) is 4.57 Å². The summed E-state index contributed by atoms with van der Waals surface area (Å²) in [4.78, 5) is 0. The van der Waals surface area contributed by atoms with Crippen LogP contribution in [0.3, 0.4) is 0 Å². The quantitative estimate of drug-likeness (QED) is 0.670. The van der Waals surface area contributed by atoms with E-state index in [1.54, 1.807) is 13.8 Å². The van der Waals surface area contributed by atoms with E-state index in [4.69, 9.17) is 4.52 Å². The molecule has 3 unspecified atom stereocenters. The minimum atomic E-state index is -3.88. The van der Waals surface area contributed by atoms with Crippen molar-refractivity contribution in [1.29, 1.82) is 0 Å². The fourth-order valence-corrected chi connectivity index (χ4v) is 2.98. The number of hydrogen-bond acceptors (Lipinski definition) is 2. The van der Waals surface area contributed by atoms with Crippen LogP contribution in [0.4, 0.5) is 4.20 Å². The second kappa shape index (κ2) is 5.45. The molecule has 0 saturated heterocycles. The highest BCUT2D eigenvalue weighted by Gasteiger charge is 2.35. The highest BCUT2D eigenvalue weighted by atomic mass is 31.2. The van der Waals surface area contributed by atoms with Gasteiger partial charge in [-0.2, -0.15) is 4.20 Å². The molecule has 0 aromatic heterocycles. The maximum atomic E-state index is 13.6. The van der Waals surface area contributed by atoms with Gasteiger partial charge in [0.1, 0.15) is 0 Å². The van der Waals surface area contributed by atoms with Crippen molar-refractivity contribution < 1.29 is 13.3 Å².